The minimum atomic E-state index is 0.745. The normalized spacial score (nSPS) is 14.8. The summed E-state index contributed by atoms with van der Waals surface area (Å²) in [4.78, 5) is 5.54. The van der Waals surface area contributed by atoms with E-state index in [1.165, 1.54) is 16.2 Å². The van der Waals surface area contributed by atoms with Gasteiger partial charge in [0.15, 0.2) is 5.69 Å². The Bertz CT molecular complexity index is 903. The Kier molecular flexibility index (Phi) is 4.00. The molecule has 6 nitrogen and oxygen atoms in total. The fourth-order valence-electron chi connectivity index (χ4n) is 2.74. The average Bonchev–Trinajstić information content (AvgIpc) is 3.20. The molecule has 0 saturated carbocycles. The molecule has 0 aliphatic carbocycles. The van der Waals surface area contributed by atoms with Crippen LogP contribution in [0.25, 0.3) is 16.2 Å². The third-order valence-electron chi connectivity index (χ3n) is 4.01. The van der Waals surface area contributed by atoms with Gasteiger partial charge in [0, 0.05) is 24.0 Å². The van der Waals surface area contributed by atoms with E-state index < -0.39 is 0 Å². The van der Waals surface area contributed by atoms with E-state index in [4.69, 9.17) is 0 Å². The fourth-order valence-corrected chi connectivity index (χ4v) is 3.54. The van der Waals surface area contributed by atoms with Gasteiger partial charge in [-0.3, -0.25) is 4.99 Å². The number of fused-ring (bicyclic) bond motifs is 1. The molecule has 3 heterocycles. The zero-order valence-electron chi connectivity index (χ0n) is 13.4. The van der Waals surface area contributed by atoms with E-state index in [2.05, 4.69) is 78.9 Å². The van der Waals surface area contributed by atoms with Gasteiger partial charge < -0.3 is 5.32 Å². The molecule has 1 aliphatic heterocycles. The van der Waals surface area contributed by atoms with Crippen LogP contribution in [0.2, 0.25) is 0 Å². The molecule has 0 spiro atoms. The van der Waals surface area contributed by atoms with Gasteiger partial charge in [0.1, 0.15) is 12.4 Å². The van der Waals surface area contributed by atoms with Crippen molar-refractivity contribution in [2.75, 3.05) is 13.1 Å². The molecule has 24 heavy (non-hydrogen) atoms. The largest absolute Gasteiger partial charge is 0.355 e. The highest BCUT2D eigenvalue weighted by Gasteiger charge is 2.16. The lowest BCUT2D eigenvalue weighted by molar-refractivity contribution is -0.505. The van der Waals surface area contributed by atoms with Crippen LogP contribution in [0.15, 0.2) is 52.1 Å². The molecule has 122 valence electrons. The number of nitrogens with one attached hydrogen (secondary N) is 2. The number of hydrogen-bond donors (Lipinski definition) is 2. The topological polar surface area (TPSA) is 57.8 Å². The number of imidazole rings is 1. The maximum absolute atomic E-state index is 4.32. The van der Waals surface area contributed by atoms with Crippen LogP contribution in [0.4, 0.5) is 0 Å². The first-order valence-electron chi connectivity index (χ1n) is 7.93. The lowest BCUT2D eigenvalue weighted by atomic mass is 10.1. The molecule has 0 unspecified atom stereocenters. The molecule has 1 aliphatic rings. The van der Waals surface area contributed by atoms with Crippen LogP contribution < -0.4 is 15.1 Å². The Morgan fingerprint density at radius 3 is 3.00 bits per heavy atom. The number of benzene rings is 1. The minimum absolute atomic E-state index is 0.745. The maximum atomic E-state index is 4.32. The average molecular weight is 339 g/mol. The van der Waals surface area contributed by atoms with Gasteiger partial charge in [-0.15, -0.1) is 0 Å². The molecule has 0 saturated heterocycles. The Morgan fingerprint density at radius 1 is 1.38 bits per heavy atom. The zero-order valence-corrected chi connectivity index (χ0v) is 14.3. The van der Waals surface area contributed by atoms with Crippen molar-refractivity contribution in [3.8, 4) is 11.3 Å². The second-order valence-electron chi connectivity index (χ2n) is 5.67. The molecule has 0 amide bonds. The summed E-state index contributed by atoms with van der Waals surface area (Å²) < 4.78 is 4.36. The van der Waals surface area contributed by atoms with Gasteiger partial charge in [-0.1, -0.05) is 23.5 Å². The fraction of sp³-hybridized carbons (Fsp3) is 0.235. The van der Waals surface area contributed by atoms with Crippen LogP contribution in [0.1, 0.15) is 12.0 Å². The van der Waals surface area contributed by atoms with E-state index in [9.17, 15) is 0 Å². The van der Waals surface area contributed by atoms with Crippen molar-refractivity contribution in [2.45, 2.75) is 6.42 Å². The third kappa shape index (κ3) is 2.90. The van der Waals surface area contributed by atoms with Crippen molar-refractivity contribution in [2.24, 2.45) is 17.1 Å². The van der Waals surface area contributed by atoms with Crippen LogP contribution in [0.3, 0.4) is 0 Å². The molecular weight excluding hydrogens is 320 g/mol. The number of nitrogens with zero attached hydrogens (tertiary/aromatic N) is 4. The number of hydrazone groups is 1. The summed E-state index contributed by atoms with van der Waals surface area (Å²) in [6.45, 7) is 1.80. The van der Waals surface area contributed by atoms with Gasteiger partial charge in [0.2, 0.25) is 5.96 Å². The lowest BCUT2D eigenvalue weighted by Gasteiger charge is -2.12. The molecule has 0 radical (unpaired) electrons. The van der Waals surface area contributed by atoms with Crippen molar-refractivity contribution in [3.63, 3.8) is 0 Å². The second-order valence-corrected chi connectivity index (χ2v) is 6.54. The second kappa shape index (κ2) is 6.45. The first kappa shape index (κ1) is 14.9. The van der Waals surface area contributed by atoms with Crippen molar-refractivity contribution >= 4 is 28.5 Å². The molecule has 4 rings (SSSR count). The van der Waals surface area contributed by atoms with Crippen LogP contribution in [-0.2, 0) is 7.05 Å². The van der Waals surface area contributed by atoms with Crippen LogP contribution >= 0.6 is 11.3 Å². The van der Waals surface area contributed by atoms with E-state index in [1.807, 2.05) is 0 Å². The number of aromatic nitrogens is 2. The highest BCUT2D eigenvalue weighted by Crippen LogP contribution is 2.21. The molecule has 3 aromatic rings. The summed E-state index contributed by atoms with van der Waals surface area (Å²) in [5.74, 6) is 0.745. The Hall–Kier alpha value is -2.67. The predicted molar refractivity (Wildman–Crippen MR) is 97.5 cm³/mol. The first-order chi connectivity index (χ1) is 11.8. The minimum Gasteiger partial charge on any atom is -0.355 e. The summed E-state index contributed by atoms with van der Waals surface area (Å²) in [7, 11) is 2.10. The number of rotatable bonds is 3. The molecule has 2 N–H and O–H groups in total. The molecule has 1 aromatic carbocycles. The number of hydrogen-bond acceptors (Lipinski definition) is 5. The van der Waals surface area contributed by atoms with Gasteiger partial charge in [-0.2, -0.15) is 9.50 Å². The summed E-state index contributed by atoms with van der Waals surface area (Å²) in [6.07, 6.45) is 7.12. The van der Waals surface area contributed by atoms with Crippen molar-refractivity contribution in [3.05, 3.63) is 47.6 Å². The van der Waals surface area contributed by atoms with Crippen molar-refractivity contribution < 1.29 is 4.40 Å². The van der Waals surface area contributed by atoms with E-state index in [1.54, 1.807) is 17.6 Å². The number of aryl methyl sites for hydroxylation is 1. The summed E-state index contributed by atoms with van der Waals surface area (Å²) in [5.41, 5.74) is 6.38. The highest BCUT2D eigenvalue weighted by atomic mass is 32.1. The zero-order chi connectivity index (χ0) is 16.4. The highest BCUT2D eigenvalue weighted by molar-refractivity contribution is 7.14. The molecule has 2 aromatic heterocycles. The first-order valence-corrected chi connectivity index (χ1v) is 8.81. The number of guanidine groups is 1. The van der Waals surface area contributed by atoms with E-state index in [0.717, 1.165) is 31.0 Å². The molecule has 0 atom stereocenters. The van der Waals surface area contributed by atoms with Gasteiger partial charge in [0.25, 0.3) is 0 Å². The third-order valence-corrected chi connectivity index (χ3v) is 4.97. The monoisotopic (exact) mass is 339 g/mol. The molecular formula is C17H19N6S+. The van der Waals surface area contributed by atoms with E-state index >= 15 is 0 Å². The molecule has 0 fully saturated rings. The SMILES string of the molecule is Cn1c(-c2ccc(/C=N/NC3=NCCCN3)cc2)c[n+]2ccsc12. The maximum Gasteiger partial charge on any atom is 0.345 e. The number of aliphatic imine (C=N–C) groups is 1. The quantitative estimate of drug-likeness (QED) is 0.434. The van der Waals surface area contributed by atoms with Gasteiger partial charge >= 0.3 is 4.96 Å². The lowest BCUT2D eigenvalue weighted by Crippen LogP contribution is -2.38. The molecule has 0 bridgehead atoms. The summed E-state index contributed by atoms with van der Waals surface area (Å²) >= 11 is 1.74. The predicted octanol–water partition coefficient (Wildman–Crippen LogP) is 1.77. The van der Waals surface area contributed by atoms with Gasteiger partial charge in [0.05, 0.1) is 13.3 Å². The summed E-state index contributed by atoms with van der Waals surface area (Å²) in [6, 6.07) is 8.39. The number of thiazole rings is 1. The Morgan fingerprint density at radius 2 is 2.25 bits per heavy atom. The Balaban J connectivity index is 1.49. The van der Waals surface area contributed by atoms with E-state index in [0.29, 0.717) is 0 Å². The standard InChI is InChI=1S/C17H19N6S/c1-22-15(12-23-9-10-24-17(22)23)14-5-3-13(4-6-14)11-20-21-16-18-7-2-8-19-16/h3-6,9-12H,2,7-8H2,1H3,(H2,18,19,21)/q+1/b20-11+. The van der Waals surface area contributed by atoms with Crippen LogP contribution in [0, 0.1) is 0 Å². The van der Waals surface area contributed by atoms with Gasteiger partial charge in [-0.25, -0.2) is 9.99 Å². The molecule has 7 heteroatoms. The summed E-state index contributed by atoms with van der Waals surface area (Å²) in [5, 5.41) is 9.50. The van der Waals surface area contributed by atoms with Gasteiger partial charge in [-0.05, 0) is 24.1 Å². The van der Waals surface area contributed by atoms with E-state index in [-0.39, 0.29) is 0 Å². The van der Waals surface area contributed by atoms with Crippen LogP contribution in [-0.4, -0.2) is 29.8 Å². The van der Waals surface area contributed by atoms with Crippen molar-refractivity contribution in [1.29, 1.82) is 0 Å². The smallest absolute Gasteiger partial charge is 0.345 e. The van der Waals surface area contributed by atoms with Crippen LogP contribution in [0.5, 0.6) is 0 Å². The van der Waals surface area contributed by atoms with Crippen molar-refractivity contribution in [1.82, 2.24) is 15.3 Å². The Labute approximate surface area is 144 Å².